The molecular formula is C20H19FN4O3S. The highest BCUT2D eigenvalue weighted by molar-refractivity contribution is 7.99. The summed E-state index contributed by atoms with van der Waals surface area (Å²) in [5, 5.41) is 14.1. The van der Waals surface area contributed by atoms with Gasteiger partial charge in [-0.25, -0.2) is 4.39 Å². The minimum absolute atomic E-state index is 0.0352. The van der Waals surface area contributed by atoms with E-state index in [-0.39, 0.29) is 11.8 Å². The standard InChI is InChI=1S/C20H19FN4O3S/c21-15-7-5-14(6-8-15)20(27)23-17-9-10-19(25-24-17)29-12-2-4-18(26)22-13-16-3-1-11-28-16/h1,3,5-11H,2,4,12-13H2,(H,22,26)(H,23,24,27). The van der Waals surface area contributed by atoms with Gasteiger partial charge in [0.25, 0.3) is 5.91 Å². The predicted molar refractivity (Wildman–Crippen MR) is 107 cm³/mol. The molecule has 0 saturated heterocycles. The second-order valence-electron chi connectivity index (χ2n) is 6.03. The first-order chi connectivity index (χ1) is 14.1. The highest BCUT2D eigenvalue weighted by Crippen LogP contribution is 2.17. The summed E-state index contributed by atoms with van der Waals surface area (Å²) in [5.41, 5.74) is 0.331. The molecular weight excluding hydrogens is 395 g/mol. The van der Waals surface area contributed by atoms with Gasteiger partial charge in [0.1, 0.15) is 16.6 Å². The molecule has 9 heteroatoms. The van der Waals surface area contributed by atoms with Crippen molar-refractivity contribution in [1.29, 1.82) is 0 Å². The first-order valence-electron chi connectivity index (χ1n) is 8.93. The molecule has 0 spiro atoms. The molecule has 0 aliphatic carbocycles. The molecule has 0 unspecified atom stereocenters. The summed E-state index contributed by atoms with van der Waals surface area (Å²) < 4.78 is 18.1. The lowest BCUT2D eigenvalue weighted by atomic mass is 10.2. The van der Waals surface area contributed by atoms with E-state index >= 15 is 0 Å². The Morgan fingerprint density at radius 2 is 1.90 bits per heavy atom. The summed E-state index contributed by atoms with van der Waals surface area (Å²) in [7, 11) is 0. The summed E-state index contributed by atoms with van der Waals surface area (Å²) in [5.74, 6) is 0.907. The normalized spacial score (nSPS) is 10.5. The quantitative estimate of drug-likeness (QED) is 0.410. The Morgan fingerprint density at radius 1 is 1.07 bits per heavy atom. The van der Waals surface area contributed by atoms with Crippen molar-refractivity contribution < 1.29 is 18.4 Å². The van der Waals surface area contributed by atoms with E-state index in [1.807, 2.05) is 0 Å². The van der Waals surface area contributed by atoms with Crippen LogP contribution in [0.3, 0.4) is 0 Å². The van der Waals surface area contributed by atoms with Crippen molar-refractivity contribution in [2.24, 2.45) is 0 Å². The molecule has 2 heterocycles. The molecule has 2 amide bonds. The summed E-state index contributed by atoms with van der Waals surface area (Å²) in [6, 6.07) is 12.2. The molecule has 2 N–H and O–H groups in total. The molecule has 3 rings (SSSR count). The van der Waals surface area contributed by atoms with Gasteiger partial charge in [-0.3, -0.25) is 9.59 Å². The molecule has 0 saturated carbocycles. The number of anilines is 1. The van der Waals surface area contributed by atoms with Crippen LogP contribution in [-0.2, 0) is 11.3 Å². The van der Waals surface area contributed by atoms with Crippen LogP contribution in [0.4, 0.5) is 10.2 Å². The van der Waals surface area contributed by atoms with Crippen LogP contribution in [0.5, 0.6) is 0 Å². The summed E-state index contributed by atoms with van der Waals surface area (Å²) in [6.45, 7) is 0.384. The Bertz CT molecular complexity index is 931. The number of aromatic nitrogens is 2. The van der Waals surface area contributed by atoms with Crippen LogP contribution in [-0.4, -0.2) is 27.8 Å². The number of nitrogens with one attached hydrogen (secondary N) is 2. The zero-order chi connectivity index (χ0) is 20.5. The first-order valence-corrected chi connectivity index (χ1v) is 9.91. The van der Waals surface area contributed by atoms with E-state index in [9.17, 15) is 14.0 Å². The molecule has 2 aromatic heterocycles. The maximum atomic E-state index is 12.9. The lowest BCUT2D eigenvalue weighted by molar-refractivity contribution is -0.121. The van der Waals surface area contributed by atoms with E-state index in [4.69, 9.17) is 4.42 Å². The van der Waals surface area contributed by atoms with Crippen molar-refractivity contribution in [3.8, 4) is 0 Å². The molecule has 3 aromatic rings. The fourth-order valence-electron chi connectivity index (χ4n) is 2.35. The average molecular weight is 414 g/mol. The maximum absolute atomic E-state index is 12.9. The van der Waals surface area contributed by atoms with Gasteiger partial charge in [-0.05, 0) is 55.0 Å². The number of amides is 2. The van der Waals surface area contributed by atoms with Gasteiger partial charge in [-0.15, -0.1) is 22.0 Å². The third-order valence-electron chi connectivity index (χ3n) is 3.83. The fraction of sp³-hybridized carbons (Fsp3) is 0.200. The van der Waals surface area contributed by atoms with Crippen molar-refractivity contribution >= 4 is 29.4 Å². The summed E-state index contributed by atoms with van der Waals surface area (Å²) in [6.07, 6.45) is 2.67. The Balaban J connectivity index is 1.36. The van der Waals surface area contributed by atoms with Gasteiger partial charge in [-0.1, -0.05) is 0 Å². The molecule has 0 radical (unpaired) electrons. The van der Waals surface area contributed by atoms with E-state index in [0.717, 1.165) is 5.76 Å². The second-order valence-corrected chi connectivity index (χ2v) is 7.14. The zero-order valence-electron chi connectivity index (χ0n) is 15.4. The highest BCUT2D eigenvalue weighted by Gasteiger charge is 2.08. The number of hydrogen-bond acceptors (Lipinski definition) is 6. The number of carbonyl (C=O) groups excluding carboxylic acids is 2. The number of benzene rings is 1. The Kier molecular flexibility index (Phi) is 7.34. The van der Waals surface area contributed by atoms with Gasteiger partial charge in [0.2, 0.25) is 5.91 Å². The van der Waals surface area contributed by atoms with Crippen LogP contribution >= 0.6 is 11.8 Å². The number of furan rings is 1. The number of rotatable bonds is 9. The lowest BCUT2D eigenvalue weighted by Crippen LogP contribution is -2.22. The van der Waals surface area contributed by atoms with Crippen LogP contribution in [0.25, 0.3) is 0 Å². The summed E-state index contributed by atoms with van der Waals surface area (Å²) >= 11 is 1.48. The number of hydrogen-bond donors (Lipinski definition) is 2. The van der Waals surface area contributed by atoms with E-state index in [0.29, 0.717) is 41.5 Å². The topological polar surface area (TPSA) is 97.1 Å². The van der Waals surface area contributed by atoms with Crippen LogP contribution in [0.2, 0.25) is 0 Å². The molecule has 1 aromatic carbocycles. The van der Waals surface area contributed by atoms with E-state index in [1.165, 1.54) is 36.0 Å². The monoisotopic (exact) mass is 414 g/mol. The minimum Gasteiger partial charge on any atom is -0.467 e. The third kappa shape index (κ3) is 6.72. The van der Waals surface area contributed by atoms with Gasteiger partial charge in [-0.2, -0.15) is 0 Å². The molecule has 150 valence electrons. The lowest BCUT2D eigenvalue weighted by Gasteiger charge is -2.05. The molecule has 7 nitrogen and oxygen atoms in total. The Labute approximate surface area is 171 Å². The summed E-state index contributed by atoms with van der Waals surface area (Å²) in [4.78, 5) is 23.8. The number of halogens is 1. The van der Waals surface area contributed by atoms with Crippen molar-refractivity contribution in [1.82, 2.24) is 15.5 Å². The number of thioether (sulfide) groups is 1. The van der Waals surface area contributed by atoms with Gasteiger partial charge in [0.15, 0.2) is 5.82 Å². The van der Waals surface area contributed by atoms with Crippen molar-refractivity contribution in [2.45, 2.75) is 24.4 Å². The smallest absolute Gasteiger partial charge is 0.256 e. The van der Waals surface area contributed by atoms with Crippen LogP contribution in [0.15, 0.2) is 64.2 Å². The molecule has 0 atom stereocenters. The van der Waals surface area contributed by atoms with Crippen LogP contribution < -0.4 is 10.6 Å². The first kappa shape index (κ1) is 20.5. The van der Waals surface area contributed by atoms with Crippen molar-refractivity contribution in [3.05, 3.63) is 71.9 Å². The van der Waals surface area contributed by atoms with Gasteiger partial charge in [0.05, 0.1) is 12.8 Å². The fourth-order valence-corrected chi connectivity index (χ4v) is 3.11. The predicted octanol–water partition coefficient (Wildman–Crippen LogP) is 3.65. The zero-order valence-corrected chi connectivity index (χ0v) is 16.2. The van der Waals surface area contributed by atoms with Crippen LogP contribution in [0.1, 0.15) is 29.0 Å². The van der Waals surface area contributed by atoms with Gasteiger partial charge < -0.3 is 15.1 Å². The Morgan fingerprint density at radius 3 is 2.59 bits per heavy atom. The SMILES string of the molecule is O=C(CCCSc1ccc(NC(=O)c2ccc(F)cc2)nn1)NCc1ccco1. The van der Waals surface area contributed by atoms with Gasteiger partial charge >= 0.3 is 0 Å². The van der Waals surface area contributed by atoms with Crippen molar-refractivity contribution in [3.63, 3.8) is 0 Å². The molecule has 0 aliphatic rings. The van der Waals surface area contributed by atoms with Gasteiger partial charge in [0, 0.05) is 17.7 Å². The maximum Gasteiger partial charge on any atom is 0.256 e. The molecule has 0 aliphatic heterocycles. The molecule has 0 bridgehead atoms. The second kappa shape index (κ2) is 10.4. The molecule has 29 heavy (non-hydrogen) atoms. The van der Waals surface area contributed by atoms with E-state index < -0.39 is 5.82 Å². The molecule has 0 fully saturated rings. The number of carbonyl (C=O) groups is 2. The van der Waals surface area contributed by atoms with E-state index in [1.54, 1.807) is 30.5 Å². The average Bonchev–Trinajstić information content (AvgIpc) is 3.25. The van der Waals surface area contributed by atoms with Crippen LogP contribution in [0, 0.1) is 5.82 Å². The number of nitrogens with zero attached hydrogens (tertiary/aromatic N) is 2. The van der Waals surface area contributed by atoms with Crippen molar-refractivity contribution in [2.75, 3.05) is 11.1 Å². The minimum atomic E-state index is -0.405. The Hall–Kier alpha value is -3.20. The van der Waals surface area contributed by atoms with E-state index in [2.05, 4.69) is 20.8 Å². The largest absolute Gasteiger partial charge is 0.467 e. The third-order valence-corrected chi connectivity index (χ3v) is 4.83. The highest BCUT2D eigenvalue weighted by atomic mass is 32.2.